The molecule has 1 aliphatic heterocycles. The molecule has 0 bridgehead atoms. The fraction of sp³-hybridized carbons (Fsp3) is 0.562. The molecule has 1 unspecified atom stereocenters. The van der Waals surface area contributed by atoms with Gasteiger partial charge in [0.15, 0.2) is 11.5 Å². The van der Waals surface area contributed by atoms with Gasteiger partial charge >= 0.3 is 0 Å². The number of benzene rings is 1. The second-order valence-electron chi connectivity index (χ2n) is 6.00. The fourth-order valence-electron chi connectivity index (χ4n) is 2.05. The van der Waals surface area contributed by atoms with Gasteiger partial charge in [-0.05, 0) is 51.3 Å². The van der Waals surface area contributed by atoms with E-state index < -0.39 is 0 Å². The minimum absolute atomic E-state index is 0.312. The Morgan fingerprint density at radius 3 is 2.85 bits per heavy atom. The first kappa shape index (κ1) is 14.7. The fourth-order valence-corrected chi connectivity index (χ4v) is 2.05. The van der Waals surface area contributed by atoms with Gasteiger partial charge in [-0.15, -0.1) is 0 Å². The number of nitrogens with one attached hydrogen (secondary N) is 1. The molecule has 4 nitrogen and oxygen atoms in total. The summed E-state index contributed by atoms with van der Waals surface area (Å²) in [6.45, 7) is 7.08. The molecule has 0 amide bonds. The summed E-state index contributed by atoms with van der Waals surface area (Å²) >= 11 is 0. The topological polar surface area (TPSA) is 54.3 Å². The van der Waals surface area contributed by atoms with Crippen molar-refractivity contribution in [2.45, 2.75) is 39.7 Å². The Kier molecular flexibility index (Phi) is 4.51. The highest BCUT2D eigenvalue weighted by Crippen LogP contribution is 2.32. The van der Waals surface area contributed by atoms with Crippen molar-refractivity contribution in [1.82, 2.24) is 5.32 Å². The largest absolute Gasteiger partial charge is 0.454 e. The number of nitrogens with zero attached hydrogens (tertiary/aromatic N) is 1. The van der Waals surface area contributed by atoms with E-state index in [4.69, 9.17) is 14.7 Å². The highest BCUT2D eigenvalue weighted by atomic mass is 16.7. The zero-order valence-corrected chi connectivity index (χ0v) is 12.4. The van der Waals surface area contributed by atoms with Crippen molar-refractivity contribution in [3.63, 3.8) is 0 Å². The van der Waals surface area contributed by atoms with Gasteiger partial charge < -0.3 is 14.8 Å². The molecule has 1 aliphatic rings. The standard InChI is InChI=1S/C16H22N2O2/c1-12(18-10-16(2,3)9-17)4-5-13-6-7-14-15(8-13)20-11-19-14/h6-8,12,18H,4-5,10-11H2,1-3H3. The Hall–Kier alpha value is -1.73. The molecule has 1 atom stereocenters. The van der Waals surface area contributed by atoms with Crippen LogP contribution in [0.4, 0.5) is 0 Å². The summed E-state index contributed by atoms with van der Waals surface area (Å²) in [7, 11) is 0. The van der Waals surface area contributed by atoms with Crippen LogP contribution < -0.4 is 14.8 Å². The minimum Gasteiger partial charge on any atom is -0.454 e. The van der Waals surface area contributed by atoms with Crippen LogP contribution in [0.1, 0.15) is 32.8 Å². The molecule has 1 N–H and O–H groups in total. The molecule has 2 rings (SSSR count). The van der Waals surface area contributed by atoms with Crippen LogP contribution in [0.5, 0.6) is 11.5 Å². The van der Waals surface area contributed by atoms with Gasteiger partial charge in [0.05, 0.1) is 11.5 Å². The number of hydrogen-bond acceptors (Lipinski definition) is 4. The predicted molar refractivity (Wildman–Crippen MR) is 77.7 cm³/mol. The van der Waals surface area contributed by atoms with Gasteiger partial charge in [0.25, 0.3) is 0 Å². The molecular formula is C16H22N2O2. The zero-order valence-electron chi connectivity index (χ0n) is 12.4. The monoisotopic (exact) mass is 274 g/mol. The third-order valence-electron chi connectivity index (χ3n) is 3.50. The first-order valence-corrected chi connectivity index (χ1v) is 7.03. The SMILES string of the molecule is CC(CCc1ccc2c(c1)OCO2)NCC(C)(C)C#N. The van der Waals surface area contributed by atoms with Crippen molar-refractivity contribution in [2.75, 3.05) is 13.3 Å². The van der Waals surface area contributed by atoms with E-state index in [2.05, 4.69) is 24.4 Å². The number of aryl methyl sites for hydroxylation is 1. The molecule has 1 aromatic carbocycles. The first-order valence-electron chi connectivity index (χ1n) is 7.03. The molecular weight excluding hydrogens is 252 g/mol. The Morgan fingerprint density at radius 2 is 2.10 bits per heavy atom. The number of nitriles is 1. The lowest BCUT2D eigenvalue weighted by Crippen LogP contribution is -2.35. The average Bonchev–Trinajstić information content (AvgIpc) is 2.90. The summed E-state index contributed by atoms with van der Waals surface area (Å²) in [6.07, 6.45) is 2.01. The van der Waals surface area contributed by atoms with Crippen molar-refractivity contribution in [2.24, 2.45) is 5.41 Å². The Morgan fingerprint density at radius 1 is 1.35 bits per heavy atom. The summed E-state index contributed by atoms with van der Waals surface area (Å²) in [5.74, 6) is 1.67. The van der Waals surface area contributed by atoms with Crippen LogP contribution >= 0.6 is 0 Å². The van der Waals surface area contributed by atoms with E-state index in [0.29, 0.717) is 19.4 Å². The van der Waals surface area contributed by atoms with E-state index in [-0.39, 0.29) is 5.41 Å². The average molecular weight is 274 g/mol. The molecule has 4 heteroatoms. The maximum absolute atomic E-state index is 8.99. The van der Waals surface area contributed by atoms with E-state index in [1.807, 2.05) is 26.0 Å². The van der Waals surface area contributed by atoms with Gasteiger partial charge in [-0.1, -0.05) is 6.07 Å². The zero-order chi connectivity index (χ0) is 14.6. The maximum Gasteiger partial charge on any atom is 0.231 e. The molecule has 1 aromatic rings. The van der Waals surface area contributed by atoms with Crippen molar-refractivity contribution in [3.05, 3.63) is 23.8 Å². The summed E-state index contributed by atoms with van der Waals surface area (Å²) in [6, 6.07) is 8.79. The molecule has 20 heavy (non-hydrogen) atoms. The van der Waals surface area contributed by atoms with Crippen molar-refractivity contribution >= 4 is 0 Å². The summed E-state index contributed by atoms with van der Waals surface area (Å²) in [5, 5.41) is 12.4. The van der Waals surface area contributed by atoms with E-state index >= 15 is 0 Å². The van der Waals surface area contributed by atoms with Crippen LogP contribution in [0.15, 0.2) is 18.2 Å². The number of rotatable bonds is 6. The summed E-state index contributed by atoms with van der Waals surface area (Å²) in [5.41, 5.74) is 0.940. The second-order valence-corrected chi connectivity index (χ2v) is 6.00. The van der Waals surface area contributed by atoms with Gasteiger partial charge in [0.2, 0.25) is 6.79 Å². The Bertz CT molecular complexity index is 506. The lowest BCUT2D eigenvalue weighted by Gasteiger charge is -2.20. The van der Waals surface area contributed by atoms with Crippen LogP contribution in [-0.4, -0.2) is 19.4 Å². The van der Waals surface area contributed by atoms with E-state index in [1.165, 1.54) is 5.56 Å². The normalized spacial score (nSPS) is 14.9. The van der Waals surface area contributed by atoms with Crippen molar-refractivity contribution < 1.29 is 9.47 Å². The molecule has 0 aliphatic carbocycles. The molecule has 108 valence electrons. The molecule has 0 saturated carbocycles. The second kappa shape index (κ2) is 6.15. The summed E-state index contributed by atoms with van der Waals surface area (Å²) in [4.78, 5) is 0. The number of ether oxygens (including phenoxy) is 2. The first-order chi connectivity index (χ1) is 9.50. The molecule has 0 radical (unpaired) electrons. The van der Waals surface area contributed by atoms with Gasteiger partial charge in [-0.25, -0.2) is 0 Å². The van der Waals surface area contributed by atoms with Crippen molar-refractivity contribution in [1.29, 1.82) is 5.26 Å². The lowest BCUT2D eigenvalue weighted by atomic mass is 9.95. The van der Waals surface area contributed by atoms with Gasteiger partial charge in [0.1, 0.15) is 0 Å². The van der Waals surface area contributed by atoms with Crippen LogP contribution in [0.25, 0.3) is 0 Å². The molecule has 1 heterocycles. The number of hydrogen-bond donors (Lipinski definition) is 1. The molecule has 0 saturated heterocycles. The van der Waals surface area contributed by atoms with Gasteiger partial charge in [0, 0.05) is 12.6 Å². The van der Waals surface area contributed by atoms with E-state index in [9.17, 15) is 0 Å². The smallest absolute Gasteiger partial charge is 0.231 e. The number of fused-ring (bicyclic) bond motifs is 1. The minimum atomic E-state index is -0.312. The van der Waals surface area contributed by atoms with Gasteiger partial charge in [-0.3, -0.25) is 0 Å². The molecule has 0 spiro atoms. The Labute approximate surface area is 120 Å². The third kappa shape index (κ3) is 3.88. The highest BCUT2D eigenvalue weighted by molar-refractivity contribution is 5.44. The lowest BCUT2D eigenvalue weighted by molar-refractivity contribution is 0.174. The highest BCUT2D eigenvalue weighted by Gasteiger charge is 2.17. The molecule has 0 aromatic heterocycles. The van der Waals surface area contributed by atoms with Crippen LogP contribution in [-0.2, 0) is 6.42 Å². The van der Waals surface area contributed by atoms with Crippen LogP contribution in [0, 0.1) is 16.7 Å². The quantitative estimate of drug-likeness (QED) is 0.866. The van der Waals surface area contributed by atoms with Crippen LogP contribution in [0.3, 0.4) is 0 Å². The maximum atomic E-state index is 8.99. The summed E-state index contributed by atoms with van der Waals surface area (Å²) < 4.78 is 10.7. The predicted octanol–water partition coefficient (Wildman–Crippen LogP) is 2.88. The van der Waals surface area contributed by atoms with Crippen LogP contribution in [0.2, 0.25) is 0 Å². The van der Waals surface area contributed by atoms with E-state index in [1.54, 1.807) is 0 Å². The Balaban J connectivity index is 1.79. The van der Waals surface area contributed by atoms with E-state index in [0.717, 1.165) is 24.3 Å². The third-order valence-corrected chi connectivity index (χ3v) is 3.50. The van der Waals surface area contributed by atoms with Gasteiger partial charge in [-0.2, -0.15) is 5.26 Å². The molecule has 0 fully saturated rings. The van der Waals surface area contributed by atoms with Crippen molar-refractivity contribution in [3.8, 4) is 17.6 Å².